The number of nitrogens with one attached hydrogen (secondary N) is 1. The predicted octanol–water partition coefficient (Wildman–Crippen LogP) is -0.669. The minimum absolute atomic E-state index is 0.338. The second kappa shape index (κ2) is 6.04. The summed E-state index contributed by atoms with van der Waals surface area (Å²) in [5.41, 5.74) is 0. The Labute approximate surface area is 90.3 Å². The summed E-state index contributed by atoms with van der Waals surface area (Å²) in [7, 11) is -0.117. The number of aliphatic carboxylic acids is 1. The highest BCUT2D eigenvalue weighted by Gasteiger charge is 2.16. The summed E-state index contributed by atoms with van der Waals surface area (Å²) in [6.45, 7) is 0.338. The smallest absolute Gasteiger partial charge is 0.320 e. The average molecular weight is 238 g/mol. The van der Waals surface area contributed by atoms with Gasteiger partial charge in [0.15, 0.2) is 0 Å². The van der Waals surface area contributed by atoms with Crippen LogP contribution in [0.5, 0.6) is 0 Å². The van der Waals surface area contributed by atoms with Crippen molar-refractivity contribution in [2.45, 2.75) is 18.9 Å². The van der Waals surface area contributed by atoms with E-state index >= 15 is 0 Å². The van der Waals surface area contributed by atoms with Gasteiger partial charge in [-0.3, -0.25) is 4.79 Å². The van der Waals surface area contributed by atoms with Crippen molar-refractivity contribution in [1.29, 1.82) is 0 Å². The monoisotopic (exact) mass is 238 g/mol. The fourth-order valence-electron chi connectivity index (χ4n) is 1.08. The Kier molecular flexibility index (Phi) is 5.77. The minimum atomic E-state index is -3.16. The summed E-state index contributed by atoms with van der Waals surface area (Å²) in [6.07, 6.45) is 2.05. The molecule has 0 aliphatic heterocycles. The molecule has 0 saturated carbocycles. The Hall–Kier alpha value is -0.660. The zero-order valence-electron chi connectivity index (χ0n) is 9.23. The zero-order chi connectivity index (χ0) is 12.1. The van der Waals surface area contributed by atoms with E-state index < -0.39 is 22.0 Å². The molecule has 0 aromatic rings. The van der Waals surface area contributed by atoms with Gasteiger partial charge in [-0.05, 0) is 19.9 Å². The van der Waals surface area contributed by atoms with E-state index in [0.29, 0.717) is 19.4 Å². The molecule has 0 fully saturated rings. The first-order chi connectivity index (χ1) is 6.79. The molecule has 0 heterocycles. The molecule has 0 spiro atoms. The first-order valence-electron chi connectivity index (χ1n) is 4.60. The van der Waals surface area contributed by atoms with Gasteiger partial charge in [0.2, 0.25) is 10.0 Å². The van der Waals surface area contributed by atoms with Gasteiger partial charge in [0.25, 0.3) is 0 Å². The molecule has 1 unspecified atom stereocenters. The van der Waals surface area contributed by atoms with E-state index in [0.717, 1.165) is 6.26 Å². The highest BCUT2D eigenvalue weighted by atomic mass is 32.2. The van der Waals surface area contributed by atoms with Crippen molar-refractivity contribution in [2.24, 2.45) is 0 Å². The van der Waals surface area contributed by atoms with E-state index in [1.54, 1.807) is 7.05 Å². The van der Waals surface area contributed by atoms with E-state index in [1.807, 2.05) is 0 Å². The number of hydrogen-bond acceptors (Lipinski definition) is 4. The minimum Gasteiger partial charge on any atom is -0.480 e. The summed E-state index contributed by atoms with van der Waals surface area (Å²) in [6, 6.07) is -0.613. The van der Waals surface area contributed by atoms with E-state index in [9.17, 15) is 13.2 Å². The molecule has 0 aromatic heterocycles. The molecule has 0 bridgehead atoms. The number of rotatable bonds is 7. The largest absolute Gasteiger partial charge is 0.480 e. The molecule has 1 atom stereocenters. The predicted molar refractivity (Wildman–Crippen MR) is 57.2 cm³/mol. The van der Waals surface area contributed by atoms with Crippen molar-refractivity contribution in [1.82, 2.24) is 9.62 Å². The van der Waals surface area contributed by atoms with Crippen LogP contribution in [0.4, 0.5) is 0 Å². The molecule has 0 aliphatic rings. The number of carboxylic acids is 1. The van der Waals surface area contributed by atoms with E-state index in [-0.39, 0.29) is 0 Å². The molecule has 15 heavy (non-hydrogen) atoms. The fraction of sp³-hybridized carbons (Fsp3) is 0.875. The Morgan fingerprint density at radius 1 is 1.53 bits per heavy atom. The van der Waals surface area contributed by atoms with Gasteiger partial charge in [0.1, 0.15) is 6.04 Å². The SMILES string of the molecule is CNC(CCCN(C)S(C)(=O)=O)C(=O)O. The standard InChI is InChI=1S/C8H18N2O4S/c1-9-7(8(11)12)5-4-6-10(2)15(3,13)14/h7,9H,4-6H2,1-3H3,(H,11,12). The van der Waals surface area contributed by atoms with Crippen LogP contribution in [0.2, 0.25) is 0 Å². The quantitative estimate of drug-likeness (QED) is 0.614. The van der Waals surface area contributed by atoms with Crippen molar-refractivity contribution in [3.05, 3.63) is 0 Å². The average Bonchev–Trinajstić information content (AvgIpc) is 2.09. The van der Waals surface area contributed by atoms with Gasteiger partial charge in [-0.25, -0.2) is 12.7 Å². The van der Waals surface area contributed by atoms with Crippen LogP contribution in [-0.4, -0.2) is 56.7 Å². The molecule has 0 saturated heterocycles. The maximum Gasteiger partial charge on any atom is 0.320 e. The first kappa shape index (κ1) is 14.3. The molecule has 90 valence electrons. The zero-order valence-corrected chi connectivity index (χ0v) is 10.0. The molecule has 0 aromatic carbocycles. The van der Waals surface area contributed by atoms with Crippen LogP contribution in [0.1, 0.15) is 12.8 Å². The first-order valence-corrected chi connectivity index (χ1v) is 6.45. The third-order valence-electron chi connectivity index (χ3n) is 2.18. The summed E-state index contributed by atoms with van der Waals surface area (Å²) < 4.78 is 23.2. The van der Waals surface area contributed by atoms with Crippen LogP contribution in [0.3, 0.4) is 0 Å². The third-order valence-corrected chi connectivity index (χ3v) is 3.49. The number of likely N-dealkylation sites (N-methyl/N-ethyl adjacent to an activating group) is 1. The molecule has 0 rings (SSSR count). The Morgan fingerprint density at radius 2 is 2.07 bits per heavy atom. The van der Waals surface area contributed by atoms with E-state index in [4.69, 9.17) is 5.11 Å². The second-order valence-corrected chi connectivity index (χ2v) is 5.50. The number of carboxylic acid groups (broad SMARTS) is 1. The van der Waals surface area contributed by atoms with Crippen LogP contribution in [0.25, 0.3) is 0 Å². The maximum absolute atomic E-state index is 11.0. The van der Waals surface area contributed by atoms with E-state index in [2.05, 4.69) is 5.32 Å². The topological polar surface area (TPSA) is 86.7 Å². The van der Waals surface area contributed by atoms with Gasteiger partial charge in [-0.15, -0.1) is 0 Å². The summed E-state index contributed by atoms with van der Waals surface area (Å²) in [4.78, 5) is 10.6. The Bertz CT molecular complexity index is 302. The highest BCUT2D eigenvalue weighted by Crippen LogP contribution is 2.01. The summed E-state index contributed by atoms with van der Waals surface area (Å²) in [5.74, 6) is -0.917. The number of hydrogen-bond donors (Lipinski definition) is 2. The molecule has 2 N–H and O–H groups in total. The van der Waals surface area contributed by atoms with Crippen molar-refractivity contribution >= 4 is 16.0 Å². The molecule has 6 nitrogen and oxygen atoms in total. The number of carbonyl (C=O) groups is 1. The van der Waals surface area contributed by atoms with Crippen molar-refractivity contribution in [2.75, 3.05) is 26.9 Å². The molecule has 7 heteroatoms. The summed E-state index contributed by atoms with van der Waals surface area (Å²) in [5, 5.41) is 11.4. The molecule has 0 radical (unpaired) electrons. The van der Waals surface area contributed by atoms with Gasteiger partial charge in [-0.1, -0.05) is 0 Å². The Balaban J connectivity index is 3.94. The number of nitrogens with zero attached hydrogens (tertiary/aromatic N) is 1. The molecular weight excluding hydrogens is 220 g/mol. The lowest BCUT2D eigenvalue weighted by Crippen LogP contribution is -2.35. The van der Waals surface area contributed by atoms with Gasteiger partial charge in [-0.2, -0.15) is 0 Å². The molecular formula is C8H18N2O4S. The van der Waals surface area contributed by atoms with Crippen molar-refractivity contribution in [3.8, 4) is 0 Å². The van der Waals surface area contributed by atoms with E-state index in [1.165, 1.54) is 11.4 Å². The van der Waals surface area contributed by atoms with Crippen LogP contribution >= 0.6 is 0 Å². The maximum atomic E-state index is 11.0. The van der Waals surface area contributed by atoms with Gasteiger partial charge in [0, 0.05) is 13.6 Å². The third kappa shape index (κ3) is 5.71. The molecule has 0 aliphatic carbocycles. The lowest BCUT2D eigenvalue weighted by Gasteiger charge is -2.15. The number of sulfonamides is 1. The van der Waals surface area contributed by atoms with Crippen LogP contribution in [-0.2, 0) is 14.8 Å². The van der Waals surface area contributed by atoms with Gasteiger partial charge in [0.05, 0.1) is 6.26 Å². The van der Waals surface area contributed by atoms with Crippen molar-refractivity contribution in [3.63, 3.8) is 0 Å². The second-order valence-electron chi connectivity index (χ2n) is 3.41. The van der Waals surface area contributed by atoms with Gasteiger partial charge < -0.3 is 10.4 Å². The normalized spacial score (nSPS) is 14.1. The Morgan fingerprint density at radius 3 is 2.40 bits per heavy atom. The van der Waals surface area contributed by atoms with Gasteiger partial charge >= 0.3 is 5.97 Å². The van der Waals surface area contributed by atoms with Crippen molar-refractivity contribution < 1.29 is 18.3 Å². The lowest BCUT2D eigenvalue weighted by molar-refractivity contribution is -0.139. The summed E-state index contributed by atoms with van der Waals surface area (Å²) >= 11 is 0. The van der Waals surface area contributed by atoms with Crippen LogP contribution < -0.4 is 5.32 Å². The molecule has 0 amide bonds. The van der Waals surface area contributed by atoms with Crippen LogP contribution in [0.15, 0.2) is 0 Å². The fourth-order valence-corrected chi connectivity index (χ4v) is 1.54. The highest BCUT2D eigenvalue weighted by molar-refractivity contribution is 7.88. The van der Waals surface area contributed by atoms with Crippen LogP contribution in [0, 0.1) is 0 Å². The lowest BCUT2D eigenvalue weighted by atomic mass is 10.1.